The molecule has 0 radical (unpaired) electrons. The monoisotopic (exact) mass is 260 g/mol. The molecular formula is C12H12N4OS. The summed E-state index contributed by atoms with van der Waals surface area (Å²) in [5.74, 6) is 2.25. The lowest BCUT2D eigenvalue weighted by atomic mass is 10.2. The maximum atomic E-state index is 12.0. The van der Waals surface area contributed by atoms with Crippen LogP contribution < -0.4 is 11.1 Å². The third kappa shape index (κ3) is 2.13. The zero-order chi connectivity index (χ0) is 13.1. The van der Waals surface area contributed by atoms with Gasteiger partial charge in [0.1, 0.15) is 16.0 Å². The Kier molecular flexibility index (Phi) is 3.44. The topological polar surface area (TPSA) is 80.9 Å². The first-order valence-electron chi connectivity index (χ1n) is 5.42. The number of nitrogens with one attached hydrogen (secondary N) is 1. The van der Waals surface area contributed by atoms with Crippen molar-refractivity contribution >= 4 is 33.1 Å². The fourth-order valence-corrected chi connectivity index (χ4v) is 2.45. The Bertz CT molecular complexity index is 629. The van der Waals surface area contributed by atoms with E-state index >= 15 is 0 Å². The van der Waals surface area contributed by atoms with Crippen LogP contribution in [0.1, 0.15) is 23.0 Å². The smallest absolute Gasteiger partial charge is 0.264 e. The minimum absolute atomic E-state index is 0.264. The minimum atomic E-state index is -0.284. The molecule has 92 valence electrons. The number of amides is 1. The number of rotatable bonds is 3. The van der Waals surface area contributed by atoms with Crippen LogP contribution in [-0.4, -0.2) is 21.9 Å². The molecule has 2 aromatic rings. The van der Waals surface area contributed by atoms with Gasteiger partial charge in [-0.15, -0.1) is 17.8 Å². The zero-order valence-corrected chi connectivity index (χ0v) is 10.6. The quantitative estimate of drug-likeness (QED) is 0.818. The summed E-state index contributed by atoms with van der Waals surface area (Å²) in [5.41, 5.74) is 6.32. The number of hydrogen-bond acceptors (Lipinski definition) is 5. The molecule has 18 heavy (non-hydrogen) atoms. The summed E-state index contributed by atoms with van der Waals surface area (Å²) in [6.07, 6.45) is 9.01. The Hall–Kier alpha value is -2.13. The molecule has 6 heteroatoms. The number of terminal acetylenes is 1. The maximum Gasteiger partial charge on any atom is 0.264 e. The molecule has 0 bridgehead atoms. The highest BCUT2D eigenvalue weighted by atomic mass is 32.1. The molecule has 0 saturated heterocycles. The minimum Gasteiger partial charge on any atom is -0.397 e. The molecule has 0 aliphatic rings. The summed E-state index contributed by atoms with van der Waals surface area (Å²) in [6.45, 7) is 1.91. The van der Waals surface area contributed by atoms with Crippen LogP contribution in [0.5, 0.6) is 0 Å². The summed E-state index contributed by atoms with van der Waals surface area (Å²) >= 11 is 1.24. The molecule has 5 nitrogen and oxygen atoms in total. The molecule has 2 aromatic heterocycles. The molecule has 0 spiro atoms. The van der Waals surface area contributed by atoms with Crippen molar-refractivity contribution in [2.45, 2.75) is 19.4 Å². The van der Waals surface area contributed by atoms with Crippen molar-refractivity contribution < 1.29 is 4.79 Å². The van der Waals surface area contributed by atoms with E-state index in [1.54, 1.807) is 6.20 Å². The molecule has 0 saturated carbocycles. The van der Waals surface area contributed by atoms with E-state index in [9.17, 15) is 4.79 Å². The molecule has 0 fully saturated rings. The second-order valence-corrected chi connectivity index (χ2v) is 4.69. The van der Waals surface area contributed by atoms with Crippen LogP contribution in [0.4, 0.5) is 5.69 Å². The number of anilines is 1. The van der Waals surface area contributed by atoms with Crippen molar-refractivity contribution in [3.05, 3.63) is 17.4 Å². The number of hydrogen-bond donors (Lipinski definition) is 2. The van der Waals surface area contributed by atoms with Crippen molar-refractivity contribution in [1.29, 1.82) is 0 Å². The summed E-state index contributed by atoms with van der Waals surface area (Å²) in [7, 11) is 0. The lowest BCUT2D eigenvalue weighted by molar-refractivity contribution is 0.0950. The Balaban J connectivity index is 2.34. The first-order valence-corrected chi connectivity index (χ1v) is 6.24. The standard InChI is InChI=1S/C12H12N4OS/c1-3-7(4-2)16-11(17)10-9(13)8-5-14-6-15-12(8)18-10/h1,5-7H,4,13H2,2H3,(H,16,17). The van der Waals surface area contributed by atoms with Gasteiger partial charge in [0, 0.05) is 6.20 Å². The van der Waals surface area contributed by atoms with Crippen LogP contribution in [0.3, 0.4) is 0 Å². The third-order valence-corrected chi connectivity index (χ3v) is 3.66. The van der Waals surface area contributed by atoms with E-state index in [4.69, 9.17) is 12.2 Å². The Morgan fingerprint density at radius 3 is 3.11 bits per heavy atom. The van der Waals surface area contributed by atoms with Gasteiger partial charge in [-0.25, -0.2) is 9.97 Å². The van der Waals surface area contributed by atoms with Crippen molar-refractivity contribution in [2.24, 2.45) is 0 Å². The zero-order valence-electron chi connectivity index (χ0n) is 9.80. The number of nitrogens with zero attached hydrogens (tertiary/aromatic N) is 2. The Morgan fingerprint density at radius 2 is 2.50 bits per heavy atom. The fraction of sp³-hybridized carbons (Fsp3) is 0.250. The molecule has 2 rings (SSSR count). The molecule has 0 aliphatic carbocycles. The van der Waals surface area contributed by atoms with Gasteiger partial charge in [0.15, 0.2) is 0 Å². The Labute approximate surface area is 108 Å². The highest BCUT2D eigenvalue weighted by Crippen LogP contribution is 2.31. The number of carbonyl (C=O) groups is 1. The lowest BCUT2D eigenvalue weighted by Crippen LogP contribution is -2.33. The summed E-state index contributed by atoms with van der Waals surface area (Å²) in [5, 5.41) is 3.44. The van der Waals surface area contributed by atoms with E-state index in [2.05, 4.69) is 21.2 Å². The van der Waals surface area contributed by atoms with Gasteiger partial charge in [-0.2, -0.15) is 0 Å². The summed E-state index contributed by atoms with van der Waals surface area (Å²) in [4.78, 5) is 21.1. The van der Waals surface area contributed by atoms with E-state index in [-0.39, 0.29) is 11.9 Å². The fourth-order valence-electron chi connectivity index (χ4n) is 1.51. The van der Waals surface area contributed by atoms with Crippen LogP contribution in [0.15, 0.2) is 12.5 Å². The van der Waals surface area contributed by atoms with Gasteiger partial charge in [0.05, 0.1) is 17.1 Å². The van der Waals surface area contributed by atoms with Crippen LogP contribution >= 0.6 is 11.3 Å². The van der Waals surface area contributed by atoms with Crippen LogP contribution in [0.25, 0.3) is 10.2 Å². The van der Waals surface area contributed by atoms with Crippen molar-refractivity contribution in [2.75, 3.05) is 5.73 Å². The van der Waals surface area contributed by atoms with Crippen LogP contribution in [-0.2, 0) is 0 Å². The number of carbonyl (C=O) groups excluding carboxylic acids is 1. The summed E-state index contributed by atoms with van der Waals surface area (Å²) < 4.78 is 0. The Morgan fingerprint density at radius 1 is 1.72 bits per heavy atom. The van der Waals surface area contributed by atoms with Crippen molar-refractivity contribution in [3.63, 3.8) is 0 Å². The molecular weight excluding hydrogens is 248 g/mol. The average Bonchev–Trinajstić information content (AvgIpc) is 2.74. The second-order valence-electron chi connectivity index (χ2n) is 3.69. The number of thiophene rings is 1. The van der Waals surface area contributed by atoms with E-state index in [0.29, 0.717) is 27.2 Å². The number of nitrogen functional groups attached to an aromatic ring is 1. The van der Waals surface area contributed by atoms with Crippen LogP contribution in [0, 0.1) is 12.3 Å². The van der Waals surface area contributed by atoms with Crippen LogP contribution in [0.2, 0.25) is 0 Å². The first kappa shape index (κ1) is 12.3. The maximum absolute atomic E-state index is 12.0. The van der Waals surface area contributed by atoms with E-state index < -0.39 is 0 Å². The molecule has 0 aromatic carbocycles. The highest BCUT2D eigenvalue weighted by Gasteiger charge is 2.18. The molecule has 3 N–H and O–H groups in total. The molecule has 0 aliphatic heterocycles. The van der Waals surface area contributed by atoms with Gasteiger partial charge in [-0.1, -0.05) is 12.8 Å². The lowest BCUT2D eigenvalue weighted by Gasteiger charge is -2.09. The van der Waals surface area contributed by atoms with Gasteiger partial charge < -0.3 is 11.1 Å². The first-order chi connectivity index (χ1) is 8.67. The van der Waals surface area contributed by atoms with Gasteiger partial charge in [0.25, 0.3) is 5.91 Å². The van der Waals surface area contributed by atoms with Crippen molar-refractivity contribution in [3.8, 4) is 12.3 Å². The molecule has 1 atom stereocenters. The van der Waals surface area contributed by atoms with Gasteiger partial charge >= 0.3 is 0 Å². The van der Waals surface area contributed by atoms with Gasteiger partial charge in [-0.3, -0.25) is 4.79 Å². The van der Waals surface area contributed by atoms with Gasteiger partial charge in [0.2, 0.25) is 0 Å². The number of fused-ring (bicyclic) bond motifs is 1. The average molecular weight is 260 g/mol. The third-order valence-electron chi connectivity index (χ3n) is 2.53. The van der Waals surface area contributed by atoms with E-state index in [1.165, 1.54) is 17.7 Å². The predicted molar refractivity (Wildman–Crippen MR) is 72.2 cm³/mol. The van der Waals surface area contributed by atoms with Crippen molar-refractivity contribution in [1.82, 2.24) is 15.3 Å². The highest BCUT2D eigenvalue weighted by molar-refractivity contribution is 7.21. The van der Waals surface area contributed by atoms with E-state index in [1.807, 2.05) is 6.92 Å². The normalized spacial score (nSPS) is 12.0. The van der Waals surface area contributed by atoms with Gasteiger partial charge in [-0.05, 0) is 6.42 Å². The van der Waals surface area contributed by atoms with E-state index in [0.717, 1.165) is 0 Å². The predicted octanol–water partition coefficient (Wildman–Crippen LogP) is 1.42. The SMILES string of the molecule is C#CC(CC)NC(=O)c1sc2ncncc2c1N. The number of aromatic nitrogens is 2. The molecule has 2 heterocycles. The largest absolute Gasteiger partial charge is 0.397 e. The number of nitrogens with two attached hydrogens (primary N) is 1. The molecule has 1 unspecified atom stereocenters. The summed E-state index contributed by atoms with van der Waals surface area (Å²) in [6, 6.07) is -0.284. The second kappa shape index (κ2) is 5.02. The molecule has 1 amide bonds.